The average molecular weight is 661 g/mol. The second kappa shape index (κ2) is 23.8. The maximum Gasteiger partial charge on any atom is 0.207 e. The summed E-state index contributed by atoms with van der Waals surface area (Å²) in [5.74, 6) is 0.357. The predicted octanol–water partition coefficient (Wildman–Crippen LogP) is 13.3. The molecule has 0 unspecified atom stereocenters. The van der Waals surface area contributed by atoms with Crippen molar-refractivity contribution in [3.05, 3.63) is 92.7 Å². The summed E-state index contributed by atoms with van der Waals surface area (Å²) in [6.45, 7) is 19.5. The van der Waals surface area contributed by atoms with Crippen LogP contribution in [-0.4, -0.2) is 24.4 Å². The summed E-state index contributed by atoms with van der Waals surface area (Å²) in [7, 11) is 2.91. The smallest absolute Gasteiger partial charge is 0.207 e. The minimum absolute atomic E-state index is 0.00678. The molecule has 1 rings (SSSR count). The Labute approximate surface area is 294 Å². The number of hydrogen-bond acceptors (Lipinski definition) is 4. The molecule has 48 heavy (non-hydrogen) atoms. The second-order valence-electron chi connectivity index (χ2n) is 13.9. The maximum absolute atomic E-state index is 10.7. The zero-order chi connectivity index (χ0) is 36.1. The van der Waals surface area contributed by atoms with Crippen molar-refractivity contribution in [2.75, 3.05) is 14.2 Å². The van der Waals surface area contributed by atoms with Crippen molar-refractivity contribution in [3.63, 3.8) is 0 Å². The summed E-state index contributed by atoms with van der Waals surface area (Å²) < 4.78 is 10.5. The van der Waals surface area contributed by atoms with Gasteiger partial charge in [0.1, 0.15) is 0 Å². The Morgan fingerprint density at radius 3 is 1.06 bits per heavy atom. The first-order chi connectivity index (χ1) is 22.8. The van der Waals surface area contributed by atoms with E-state index in [9.17, 15) is 10.2 Å². The molecule has 0 aliphatic rings. The first-order valence-corrected chi connectivity index (χ1v) is 18.0. The lowest BCUT2D eigenvalue weighted by molar-refractivity contribution is 0.314. The van der Waals surface area contributed by atoms with E-state index in [1.807, 2.05) is 0 Å². The van der Waals surface area contributed by atoms with Crippen LogP contribution in [0.25, 0.3) is 0 Å². The third kappa shape index (κ3) is 17.1. The van der Waals surface area contributed by atoms with Crippen molar-refractivity contribution in [2.45, 2.75) is 146 Å². The molecule has 1 aromatic rings. The highest BCUT2D eigenvalue weighted by Crippen LogP contribution is 2.48. The van der Waals surface area contributed by atoms with Crippen molar-refractivity contribution < 1.29 is 19.7 Å². The highest BCUT2D eigenvalue weighted by molar-refractivity contribution is 5.66. The summed E-state index contributed by atoms with van der Waals surface area (Å²) >= 11 is 0. The number of ether oxygens (including phenoxy) is 2. The zero-order valence-corrected chi connectivity index (χ0v) is 32.4. The second-order valence-corrected chi connectivity index (χ2v) is 13.9. The van der Waals surface area contributed by atoms with Crippen LogP contribution in [0.5, 0.6) is 23.0 Å². The van der Waals surface area contributed by atoms with Gasteiger partial charge in [-0.3, -0.25) is 0 Å². The Kier molecular flexibility index (Phi) is 21.2. The van der Waals surface area contributed by atoms with E-state index in [1.165, 1.54) is 66.1 Å². The average Bonchev–Trinajstić information content (AvgIpc) is 3.02. The molecular formula is C44H68O4. The molecule has 4 heteroatoms. The Hall–Kier alpha value is -3.40. The summed E-state index contributed by atoms with van der Waals surface area (Å²) in [6.07, 6.45) is 30.3. The topological polar surface area (TPSA) is 58.9 Å². The highest BCUT2D eigenvalue weighted by Gasteiger charge is 2.22. The van der Waals surface area contributed by atoms with Crippen molar-refractivity contribution in [1.29, 1.82) is 0 Å². The monoisotopic (exact) mass is 661 g/mol. The zero-order valence-electron chi connectivity index (χ0n) is 32.4. The minimum Gasteiger partial charge on any atom is -0.504 e. The molecule has 0 saturated heterocycles. The molecule has 0 bridgehead atoms. The number of rotatable bonds is 22. The molecule has 0 fully saturated rings. The molecule has 0 saturated carbocycles. The van der Waals surface area contributed by atoms with E-state index in [2.05, 4.69) is 97.9 Å². The maximum atomic E-state index is 10.7. The largest absolute Gasteiger partial charge is 0.504 e. The minimum atomic E-state index is 0.00678. The summed E-state index contributed by atoms with van der Waals surface area (Å²) in [5.41, 5.74) is 11.3. The highest BCUT2D eigenvalue weighted by atomic mass is 16.5. The van der Waals surface area contributed by atoms with Gasteiger partial charge in [0, 0.05) is 11.1 Å². The predicted molar refractivity (Wildman–Crippen MR) is 209 cm³/mol. The van der Waals surface area contributed by atoms with Crippen LogP contribution in [0.3, 0.4) is 0 Å². The van der Waals surface area contributed by atoms with Gasteiger partial charge in [-0.1, -0.05) is 81.5 Å². The number of allylic oxidation sites excluding steroid dienone is 14. The van der Waals surface area contributed by atoms with Crippen molar-refractivity contribution in [1.82, 2.24) is 0 Å². The van der Waals surface area contributed by atoms with Crippen molar-refractivity contribution in [2.24, 2.45) is 0 Å². The normalized spacial score (nSPS) is 13.6. The van der Waals surface area contributed by atoms with E-state index in [4.69, 9.17) is 9.47 Å². The van der Waals surface area contributed by atoms with Gasteiger partial charge in [-0.25, -0.2) is 0 Å². The van der Waals surface area contributed by atoms with E-state index in [1.54, 1.807) is 6.92 Å². The molecule has 268 valence electrons. The van der Waals surface area contributed by atoms with Crippen LogP contribution >= 0.6 is 0 Å². The van der Waals surface area contributed by atoms with Gasteiger partial charge in [0.2, 0.25) is 11.5 Å². The van der Waals surface area contributed by atoms with E-state index >= 15 is 0 Å². The van der Waals surface area contributed by atoms with E-state index < -0.39 is 0 Å². The van der Waals surface area contributed by atoms with E-state index in [-0.39, 0.29) is 23.0 Å². The molecule has 0 radical (unpaired) electrons. The number of phenolic OH excluding ortho intramolecular Hbond substituents is 2. The fourth-order valence-corrected chi connectivity index (χ4v) is 5.68. The van der Waals surface area contributed by atoms with Gasteiger partial charge in [-0.05, 0) is 146 Å². The van der Waals surface area contributed by atoms with Crippen molar-refractivity contribution >= 4 is 0 Å². The van der Waals surface area contributed by atoms with Crippen LogP contribution in [-0.2, 0) is 6.42 Å². The molecule has 0 spiro atoms. The van der Waals surface area contributed by atoms with Crippen molar-refractivity contribution in [3.8, 4) is 23.0 Å². The molecule has 0 amide bonds. The lowest BCUT2D eigenvalue weighted by atomic mass is 9.99. The molecule has 0 heterocycles. The van der Waals surface area contributed by atoms with Crippen LogP contribution in [0.15, 0.2) is 81.5 Å². The number of methoxy groups -OCH3 is 2. The fourth-order valence-electron chi connectivity index (χ4n) is 5.68. The number of aromatic hydroxyl groups is 2. The lowest BCUT2D eigenvalue weighted by Gasteiger charge is -2.17. The van der Waals surface area contributed by atoms with Gasteiger partial charge in [-0.2, -0.15) is 0 Å². The summed E-state index contributed by atoms with van der Waals surface area (Å²) in [4.78, 5) is 0. The Balaban J connectivity index is 2.40. The number of hydrogen-bond donors (Lipinski definition) is 2. The van der Waals surface area contributed by atoms with Gasteiger partial charge in [0.05, 0.1) is 14.2 Å². The van der Waals surface area contributed by atoms with Crippen LogP contribution < -0.4 is 9.47 Å². The first-order valence-electron chi connectivity index (χ1n) is 18.0. The van der Waals surface area contributed by atoms with E-state index in [0.717, 1.165) is 64.2 Å². The van der Waals surface area contributed by atoms with Crippen LogP contribution in [0.4, 0.5) is 0 Å². The molecule has 0 aromatic heterocycles. The molecule has 0 aliphatic carbocycles. The Morgan fingerprint density at radius 2 is 0.750 bits per heavy atom. The quantitative estimate of drug-likeness (QED) is 0.0960. The Bertz CT molecular complexity index is 1360. The molecule has 4 nitrogen and oxygen atoms in total. The number of phenols is 2. The Morgan fingerprint density at radius 1 is 0.458 bits per heavy atom. The lowest BCUT2D eigenvalue weighted by Crippen LogP contribution is -1.98. The molecule has 2 N–H and O–H groups in total. The first kappa shape index (κ1) is 42.6. The molecule has 0 atom stereocenters. The third-order valence-electron chi connectivity index (χ3n) is 9.04. The summed E-state index contributed by atoms with van der Waals surface area (Å²) in [5, 5.41) is 21.2. The summed E-state index contributed by atoms with van der Waals surface area (Å²) in [6, 6.07) is 0. The molecule has 0 aliphatic heterocycles. The van der Waals surface area contributed by atoms with E-state index in [0.29, 0.717) is 17.5 Å². The van der Waals surface area contributed by atoms with Gasteiger partial charge in [-0.15, -0.1) is 0 Å². The molecular weight excluding hydrogens is 592 g/mol. The fraction of sp³-hybridized carbons (Fsp3) is 0.545. The SMILES string of the molecule is COc1c(O)c(C)c(C/C=C(\C)CC/C=C(\C)CC/C=C(\C)CC/C=C(\C)CC/C=C(/C)CC/C=C(\C)CCC=C(C)C)c(O)c1OC. The third-order valence-corrected chi connectivity index (χ3v) is 9.04. The van der Waals surface area contributed by atoms with Gasteiger partial charge >= 0.3 is 0 Å². The standard InChI is InChI=1S/C44H68O4/c1-32(2)18-12-19-33(3)20-13-21-34(4)22-14-23-35(5)24-15-25-36(6)26-16-27-37(7)28-17-29-38(8)30-31-40-39(9)41(45)43(47-10)44(48-11)42(40)46/h18,20,22,24,26,28,30,45-46H,12-17,19,21,23,25,27,29,31H2,1-11H3/b33-20+,34-22-,35-24+,36-26+,37-28+,38-30+. The van der Waals surface area contributed by atoms with Crippen LogP contribution in [0.1, 0.15) is 144 Å². The van der Waals surface area contributed by atoms with Gasteiger partial charge < -0.3 is 19.7 Å². The van der Waals surface area contributed by atoms with Crippen LogP contribution in [0, 0.1) is 6.92 Å². The molecule has 1 aromatic carbocycles. The van der Waals surface area contributed by atoms with Crippen LogP contribution in [0.2, 0.25) is 0 Å². The van der Waals surface area contributed by atoms with Gasteiger partial charge in [0.25, 0.3) is 0 Å². The van der Waals surface area contributed by atoms with Gasteiger partial charge in [0.15, 0.2) is 11.5 Å². The number of benzene rings is 1.